The Bertz CT molecular complexity index is 145. The van der Waals surface area contributed by atoms with Crippen LogP contribution in [-0.4, -0.2) is 51.0 Å². The van der Waals surface area contributed by atoms with Crippen molar-refractivity contribution in [3.63, 3.8) is 0 Å². The van der Waals surface area contributed by atoms with Gasteiger partial charge in [-0.1, -0.05) is 0 Å². The predicted molar refractivity (Wildman–Crippen MR) is 54.1 cm³/mol. The van der Waals surface area contributed by atoms with Crippen LogP contribution in [0.5, 0.6) is 0 Å². The fraction of sp³-hybridized carbons (Fsp3) is 0.889. The van der Waals surface area contributed by atoms with Crippen molar-refractivity contribution in [3.05, 3.63) is 0 Å². The Kier molecular flexibility index (Phi) is 8.27. The van der Waals surface area contributed by atoms with Gasteiger partial charge in [-0.25, -0.2) is 4.79 Å². The van der Waals surface area contributed by atoms with Crippen molar-refractivity contribution in [1.82, 2.24) is 4.90 Å². The third-order valence-corrected chi connectivity index (χ3v) is 1.72. The quantitative estimate of drug-likeness (QED) is 0.653. The normalized spacial score (nSPS) is 9.93. The largest absolute Gasteiger partial charge is 0.450 e. The molecule has 0 radical (unpaired) electrons. The summed E-state index contributed by atoms with van der Waals surface area (Å²) in [7, 11) is 1.60. The average Bonchev–Trinajstić information content (AvgIpc) is 2.18. The second-order valence-corrected chi connectivity index (χ2v) is 2.82. The van der Waals surface area contributed by atoms with E-state index in [0.29, 0.717) is 32.8 Å². The predicted octanol–water partition coefficient (Wildman–Crippen LogP) is 0.440. The molecule has 0 aromatic heterocycles. The molecule has 5 heteroatoms. The molecule has 84 valence electrons. The summed E-state index contributed by atoms with van der Waals surface area (Å²) in [6.07, 6.45) is 0.487. The van der Waals surface area contributed by atoms with Gasteiger partial charge in [0, 0.05) is 20.2 Å². The molecule has 14 heavy (non-hydrogen) atoms. The molecule has 0 bridgehead atoms. The first-order valence-electron chi connectivity index (χ1n) is 4.87. The summed E-state index contributed by atoms with van der Waals surface area (Å²) < 4.78 is 9.79. The van der Waals surface area contributed by atoms with Crippen molar-refractivity contribution in [2.45, 2.75) is 13.3 Å². The van der Waals surface area contributed by atoms with Gasteiger partial charge in [-0.15, -0.1) is 0 Å². The van der Waals surface area contributed by atoms with Crippen molar-refractivity contribution in [2.24, 2.45) is 5.73 Å². The highest BCUT2D eigenvalue weighted by molar-refractivity contribution is 5.67. The number of nitrogens with two attached hydrogens (primary N) is 1. The molecule has 0 spiro atoms. The molecule has 0 saturated carbocycles. The molecule has 0 aliphatic carbocycles. The zero-order valence-electron chi connectivity index (χ0n) is 8.99. The molecule has 1 amide bonds. The maximum atomic E-state index is 11.4. The topological polar surface area (TPSA) is 64.8 Å². The standard InChI is InChI=1S/C9H20N2O3/c1-3-14-9(12)11(6-4-5-10)7-8-13-2/h3-8,10H2,1-2H3. The smallest absolute Gasteiger partial charge is 0.409 e. The van der Waals surface area contributed by atoms with Gasteiger partial charge in [-0.05, 0) is 19.9 Å². The van der Waals surface area contributed by atoms with Gasteiger partial charge >= 0.3 is 6.09 Å². The van der Waals surface area contributed by atoms with Crippen LogP contribution < -0.4 is 5.73 Å². The Morgan fingerprint density at radius 2 is 2.14 bits per heavy atom. The molecule has 0 aromatic carbocycles. The SMILES string of the molecule is CCOC(=O)N(CCCN)CCOC. The Balaban J connectivity index is 3.88. The first-order valence-corrected chi connectivity index (χ1v) is 4.87. The Labute approximate surface area is 85.1 Å². The summed E-state index contributed by atoms with van der Waals surface area (Å²) in [4.78, 5) is 13.0. The first-order chi connectivity index (χ1) is 6.76. The molecule has 0 aliphatic heterocycles. The van der Waals surface area contributed by atoms with E-state index in [2.05, 4.69) is 0 Å². The monoisotopic (exact) mass is 204 g/mol. The van der Waals surface area contributed by atoms with Crippen LogP contribution in [0.4, 0.5) is 4.79 Å². The van der Waals surface area contributed by atoms with Gasteiger partial charge in [0.1, 0.15) is 0 Å². The van der Waals surface area contributed by atoms with E-state index in [1.54, 1.807) is 18.9 Å². The maximum absolute atomic E-state index is 11.4. The molecule has 0 aromatic rings. The van der Waals surface area contributed by atoms with Crippen LogP contribution in [0.1, 0.15) is 13.3 Å². The Morgan fingerprint density at radius 3 is 2.64 bits per heavy atom. The first kappa shape index (κ1) is 13.2. The van der Waals surface area contributed by atoms with Crippen molar-refractivity contribution in [3.8, 4) is 0 Å². The molecule has 0 aliphatic rings. The van der Waals surface area contributed by atoms with E-state index in [0.717, 1.165) is 6.42 Å². The minimum absolute atomic E-state index is 0.294. The summed E-state index contributed by atoms with van der Waals surface area (Å²) in [6.45, 7) is 4.45. The number of ether oxygens (including phenoxy) is 2. The van der Waals surface area contributed by atoms with Crippen LogP contribution in [0, 0.1) is 0 Å². The Hall–Kier alpha value is -0.810. The second-order valence-electron chi connectivity index (χ2n) is 2.82. The van der Waals surface area contributed by atoms with Crippen LogP contribution in [0.2, 0.25) is 0 Å². The van der Waals surface area contributed by atoms with Crippen molar-refractivity contribution < 1.29 is 14.3 Å². The lowest BCUT2D eigenvalue weighted by Crippen LogP contribution is -2.36. The molecule has 0 unspecified atom stereocenters. The molecule has 0 fully saturated rings. The van der Waals surface area contributed by atoms with Crippen LogP contribution in [0.3, 0.4) is 0 Å². The van der Waals surface area contributed by atoms with Crippen LogP contribution in [0.15, 0.2) is 0 Å². The van der Waals surface area contributed by atoms with E-state index in [4.69, 9.17) is 15.2 Å². The third kappa shape index (κ3) is 5.77. The van der Waals surface area contributed by atoms with Crippen LogP contribution >= 0.6 is 0 Å². The number of rotatable bonds is 7. The lowest BCUT2D eigenvalue weighted by atomic mass is 10.4. The fourth-order valence-corrected chi connectivity index (χ4v) is 0.993. The highest BCUT2D eigenvalue weighted by Gasteiger charge is 2.12. The van der Waals surface area contributed by atoms with E-state index in [1.807, 2.05) is 0 Å². The van der Waals surface area contributed by atoms with Crippen molar-refractivity contribution in [2.75, 3.05) is 40.0 Å². The summed E-state index contributed by atoms with van der Waals surface area (Å²) in [5, 5.41) is 0. The van der Waals surface area contributed by atoms with E-state index < -0.39 is 0 Å². The van der Waals surface area contributed by atoms with Gasteiger partial charge < -0.3 is 20.1 Å². The van der Waals surface area contributed by atoms with Crippen molar-refractivity contribution in [1.29, 1.82) is 0 Å². The zero-order valence-corrected chi connectivity index (χ0v) is 8.99. The summed E-state index contributed by atoms with van der Waals surface area (Å²) in [6, 6.07) is 0. The number of hydrogen-bond acceptors (Lipinski definition) is 4. The molecule has 0 rings (SSSR count). The number of carbonyl (C=O) groups excluding carboxylic acids is 1. The zero-order chi connectivity index (χ0) is 10.8. The van der Waals surface area contributed by atoms with E-state index in [1.165, 1.54) is 0 Å². The van der Waals surface area contributed by atoms with Crippen LogP contribution in [0.25, 0.3) is 0 Å². The van der Waals surface area contributed by atoms with Crippen molar-refractivity contribution >= 4 is 6.09 Å². The minimum Gasteiger partial charge on any atom is -0.450 e. The molecular formula is C9H20N2O3. The van der Waals surface area contributed by atoms with E-state index >= 15 is 0 Å². The average molecular weight is 204 g/mol. The fourth-order valence-electron chi connectivity index (χ4n) is 0.993. The summed E-state index contributed by atoms with van der Waals surface area (Å²) in [5.74, 6) is 0. The molecule has 0 atom stereocenters. The number of nitrogens with zero attached hydrogens (tertiary/aromatic N) is 1. The highest BCUT2D eigenvalue weighted by Crippen LogP contribution is 1.96. The summed E-state index contributed by atoms with van der Waals surface area (Å²) >= 11 is 0. The number of amides is 1. The highest BCUT2D eigenvalue weighted by atomic mass is 16.6. The molecular weight excluding hydrogens is 184 g/mol. The molecule has 5 nitrogen and oxygen atoms in total. The lowest BCUT2D eigenvalue weighted by Gasteiger charge is -2.20. The van der Waals surface area contributed by atoms with E-state index in [-0.39, 0.29) is 6.09 Å². The Morgan fingerprint density at radius 1 is 1.43 bits per heavy atom. The van der Waals surface area contributed by atoms with Gasteiger partial charge in [0.2, 0.25) is 0 Å². The molecule has 0 heterocycles. The maximum Gasteiger partial charge on any atom is 0.409 e. The third-order valence-electron chi connectivity index (χ3n) is 1.72. The minimum atomic E-state index is -0.294. The molecule has 0 saturated heterocycles. The van der Waals surface area contributed by atoms with E-state index in [9.17, 15) is 4.79 Å². The number of methoxy groups -OCH3 is 1. The van der Waals surface area contributed by atoms with Gasteiger partial charge in [0.05, 0.1) is 13.2 Å². The lowest BCUT2D eigenvalue weighted by molar-refractivity contribution is 0.0908. The molecule has 2 N–H and O–H groups in total. The van der Waals surface area contributed by atoms with Gasteiger partial charge in [-0.2, -0.15) is 0 Å². The van der Waals surface area contributed by atoms with Crippen LogP contribution in [-0.2, 0) is 9.47 Å². The number of hydrogen-bond donors (Lipinski definition) is 1. The van der Waals surface area contributed by atoms with Gasteiger partial charge in [0.15, 0.2) is 0 Å². The van der Waals surface area contributed by atoms with Gasteiger partial charge in [-0.3, -0.25) is 0 Å². The number of carbonyl (C=O) groups is 1. The second kappa shape index (κ2) is 8.77. The van der Waals surface area contributed by atoms with Gasteiger partial charge in [0.25, 0.3) is 0 Å². The summed E-state index contributed by atoms with van der Waals surface area (Å²) in [5.41, 5.74) is 5.37.